The summed E-state index contributed by atoms with van der Waals surface area (Å²) < 4.78 is 5.48. The number of alkyl carbamates (subject to hydrolysis) is 1. The van der Waals surface area contributed by atoms with E-state index in [1.807, 2.05) is 71.0 Å². The molecule has 0 heterocycles. The minimum Gasteiger partial charge on any atom is -0.508 e. The molecule has 0 aliphatic heterocycles. The Bertz CT molecular complexity index is 1390. The molecule has 42 heavy (non-hydrogen) atoms. The molecule has 0 saturated carbocycles. The Balaban J connectivity index is 2.09. The standard InChI is InChI=1S/C34H43N3O5/c1-9-37(32(40)27(35-33(41)42-34(6,7)8)20-25-16-18-26(38)19-17-25)30(28-21(2)12-10-13-22(28)3)31(39)36-29-23(4)14-11-15-24(29)5/h10-19,27,30,38H,9,20H2,1-8H3,(H,35,41)(H,36,39). The van der Waals surface area contributed by atoms with Crippen LogP contribution in [0.3, 0.4) is 0 Å². The number of nitrogens with one attached hydrogen (secondary N) is 2. The second kappa shape index (κ2) is 13.6. The minimum atomic E-state index is -1.04. The number of anilines is 1. The third kappa shape index (κ3) is 8.12. The molecule has 3 N–H and O–H groups in total. The van der Waals surface area contributed by atoms with Crippen molar-refractivity contribution < 1.29 is 24.2 Å². The van der Waals surface area contributed by atoms with E-state index in [0.717, 1.165) is 33.4 Å². The van der Waals surface area contributed by atoms with Crippen LogP contribution >= 0.6 is 0 Å². The largest absolute Gasteiger partial charge is 0.508 e. The summed E-state index contributed by atoms with van der Waals surface area (Å²) in [5.41, 5.74) is 4.96. The number of phenols is 1. The van der Waals surface area contributed by atoms with Crippen LogP contribution in [0.15, 0.2) is 60.7 Å². The summed E-state index contributed by atoms with van der Waals surface area (Å²) in [6.45, 7) is 15.0. The summed E-state index contributed by atoms with van der Waals surface area (Å²) in [6, 6.07) is 16.0. The smallest absolute Gasteiger partial charge is 0.408 e. The van der Waals surface area contributed by atoms with Gasteiger partial charge in [0.25, 0.3) is 5.91 Å². The Morgan fingerprint density at radius 1 is 0.857 bits per heavy atom. The molecular formula is C34H43N3O5. The fourth-order valence-corrected chi connectivity index (χ4v) is 5.07. The number of hydrogen-bond acceptors (Lipinski definition) is 5. The average Bonchev–Trinajstić information content (AvgIpc) is 2.89. The van der Waals surface area contributed by atoms with E-state index >= 15 is 0 Å². The predicted molar refractivity (Wildman–Crippen MR) is 166 cm³/mol. The normalized spacial score (nSPS) is 12.7. The Kier molecular flexibility index (Phi) is 10.4. The first-order valence-electron chi connectivity index (χ1n) is 14.2. The van der Waals surface area contributed by atoms with Crippen LogP contribution in [0.25, 0.3) is 0 Å². The van der Waals surface area contributed by atoms with E-state index in [1.54, 1.807) is 32.9 Å². The van der Waals surface area contributed by atoms with E-state index in [0.29, 0.717) is 5.69 Å². The molecule has 2 atom stereocenters. The van der Waals surface area contributed by atoms with Crippen LogP contribution in [0.2, 0.25) is 0 Å². The lowest BCUT2D eigenvalue weighted by Crippen LogP contribution is -2.53. The Morgan fingerprint density at radius 3 is 1.88 bits per heavy atom. The van der Waals surface area contributed by atoms with Gasteiger partial charge in [0, 0.05) is 18.7 Å². The van der Waals surface area contributed by atoms with E-state index in [-0.39, 0.29) is 24.6 Å². The van der Waals surface area contributed by atoms with E-state index < -0.39 is 29.7 Å². The molecule has 0 aromatic heterocycles. The number of ether oxygens (including phenoxy) is 1. The van der Waals surface area contributed by atoms with E-state index in [9.17, 15) is 19.5 Å². The summed E-state index contributed by atoms with van der Waals surface area (Å²) in [5.74, 6) is -0.684. The molecule has 3 aromatic carbocycles. The fourth-order valence-electron chi connectivity index (χ4n) is 5.07. The molecule has 3 aromatic rings. The van der Waals surface area contributed by atoms with E-state index in [4.69, 9.17) is 4.74 Å². The van der Waals surface area contributed by atoms with Crippen molar-refractivity contribution in [1.82, 2.24) is 10.2 Å². The number of amides is 3. The molecule has 0 saturated heterocycles. The van der Waals surface area contributed by atoms with Gasteiger partial charge < -0.3 is 25.4 Å². The molecule has 0 bridgehead atoms. The Morgan fingerprint density at radius 2 is 1.38 bits per heavy atom. The maximum atomic E-state index is 14.4. The van der Waals surface area contributed by atoms with Crippen molar-refractivity contribution >= 4 is 23.6 Å². The summed E-state index contributed by atoms with van der Waals surface area (Å²) in [4.78, 5) is 43.0. The number of para-hydroxylation sites is 1. The second-order valence-electron chi connectivity index (χ2n) is 11.7. The molecule has 224 valence electrons. The van der Waals surface area contributed by atoms with Gasteiger partial charge >= 0.3 is 6.09 Å². The SMILES string of the molecule is CCN(C(=O)C(Cc1ccc(O)cc1)NC(=O)OC(C)(C)C)C(C(=O)Nc1c(C)cccc1C)c1c(C)cccc1C. The fraction of sp³-hybridized carbons (Fsp3) is 0.382. The van der Waals surface area contributed by atoms with Gasteiger partial charge in [-0.15, -0.1) is 0 Å². The zero-order valence-electron chi connectivity index (χ0n) is 25.9. The van der Waals surface area contributed by atoms with Crippen molar-refractivity contribution in [1.29, 1.82) is 0 Å². The van der Waals surface area contributed by atoms with Gasteiger partial charge in [0.2, 0.25) is 5.91 Å². The van der Waals surface area contributed by atoms with Crippen LogP contribution in [-0.2, 0) is 20.7 Å². The van der Waals surface area contributed by atoms with E-state index in [2.05, 4.69) is 10.6 Å². The number of phenolic OH excluding ortho intramolecular Hbond substituents is 1. The van der Waals surface area contributed by atoms with Crippen molar-refractivity contribution in [2.24, 2.45) is 0 Å². The molecule has 8 nitrogen and oxygen atoms in total. The number of carbonyl (C=O) groups excluding carboxylic acids is 3. The summed E-state index contributed by atoms with van der Waals surface area (Å²) >= 11 is 0. The maximum Gasteiger partial charge on any atom is 0.408 e. The molecule has 3 rings (SSSR count). The van der Waals surface area contributed by atoms with Gasteiger partial charge in [-0.1, -0.05) is 48.5 Å². The van der Waals surface area contributed by atoms with Crippen molar-refractivity contribution in [3.8, 4) is 5.75 Å². The summed E-state index contributed by atoms with van der Waals surface area (Å²) in [7, 11) is 0. The first-order valence-corrected chi connectivity index (χ1v) is 14.2. The predicted octanol–water partition coefficient (Wildman–Crippen LogP) is 6.29. The molecular weight excluding hydrogens is 530 g/mol. The zero-order valence-corrected chi connectivity index (χ0v) is 25.9. The van der Waals surface area contributed by atoms with Gasteiger partial charge in [0.1, 0.15) is 23.4 Å². The van der Waals surface area contributed by atoms with Crippen molar-refractivity contribution in [2.75, 3.05) is 11.9 Å². The number of hydrogen-bond donors (Lipinski definition) is 3. The van der Waals surface area contributed by atoms with Crippen LogP contribution in [0.4, 0.5) is 10.5 Å². The molecule has 0 aliphatic carbocycles. The van der Waals surface area contributed by atoms with Gasteiger partial charge in [0.15, 0.2) is 0 Å². The topological polar surface area (TPSA) is 108 Å². The highest BCUT2D eigenvalue weighted by Crippen LogP contribution is 2.31. The van der Waals surface area contributed by atoms with Crippen LogP contribution in [0, 0.1) is 27.7 Å². The van der Waals surface area contributed by atoms with Crippen molar-refractivity contribution in [3.05, 3.63) is 94.0 Å². The molecule has 0 spiro atoms. The van der Waals surface area contributed by atoms with Crippen LogP contribution < -0.4 is 10.6 Å². The molecule has 0 radical (unpaired) electrons. The van der Waals surface area contributed by atoms with Gasteiger partial charge in [0.05, 0.1) is 0 Å². The van der Waals surface area contributed by atoms with Gasteiger partial charge in [-0.05, 0) is 101 Å². The quantitative estimate of drug-likeness (QED) is 0.279. The van der Waals surface area contributed by atoms with Gasteiger partial charge in [-0.2, -0.15) is 0 Å². The number of nitrogens with zero attached hydrogens (tertiary/aromatic N) is 1. The highest BCUT2D eigenvalue weighted by Gasteiger charge is 2.37. The zero-order chi connectivity index (χ0) is 31.2. The average molecular weight is 574 g/mol. The highest BCUT2D eigenvalue weighted by atomic mass is 16.6. The third-order valence-electron chi connectivity index (χ3n) is 7.09. The number of likely N-dealkylation sites (N-methyl/N-ethyl adjacent to an activating group) is 1. The molecule has 2 unspecified atom stereocenters. The van der Waals surface area contributed by atoms with Crippen LogP contribution in [0.5, 0.6) is 5.75 Å². The van der Waals surface area contributed by atoms with Crippen LogP contribution in [-0.4, -0.2) is 46.1 Å². The molecule has 3 amide bonds. The number of aryl methyl sites for hydroxylation is 4. The lowest BCUT2D eigenvalue weighted by Gasteiger charge is -2.35. The third-order valence-corrected chi connectivity index (χ3v) is 7.09. The molecule has 0 fully saturated rings. The monoisotopic (exact) mass is 573 g/mol. The first-order chi connectivity index (χ1) is 19.7. The van der Waals surface area contributed by atoms with Crippen LogP contribution in [0.1, 0.15) is 67.1 Å². The molecule has 8 heteroatoms. The number of benzene rings is 3. The lowest BCUT2D eigenvalue weighted by molar-refractivity contribution is -0.140. The van der Waals surface area contributed by atoms with Gasteiger partial charge in [-0.3, -0.25) is 9.59 Å². The maximum absolute atomic E-state index is 14.4. The number of rotatable bonds is 9. The highest BCUT2D eigenvalue weighted by molar-refractivity contribution is 6.00. The minimum absolute atomic E-state index is 0.0928. The Labute approximate surface area is 249 Å². The van der Waals surface area contributed by atoms with E-state index in [1.165, 1.54) is 17.0 Å². The number of aromatic hydroxyl groups is 1. The molecule has 0 aliphatic rings. The van der Waals surface area contributed by atoms with Crippen molar-refractivity contribution in [2.45, 2.75) is 79.5 Å². The van der Waals surface area contributed by atoms with Crippen molar-refractivity contribution in [3.63, 3.8) is 0 Å². The lowest BCUT2D eigenvalue weighted by atomic mass is 9.93. The first kappa shape index (κ1) is 32.2. The Hall–Kier alpha value is -4.33. The number of carbonyl (C=O) groups is 3. The second-order valence-corrected chi connectivity index (χ2v) is 11.7. The summed E-state index contributed by atoms with van der Waals surface area (Å²) in [6.07, 6.45) is -0.605. The van der Waals surface area contributed by atoms with Gasteiger partial charge in [-0.25, -0.2) is 4.79 Å². The summed E-state index contributed by atoms with van der Waals surface area (Å²) in [5, 5.41) is 15.6.